The van der Waals surface area contributed by atoms with Crippen molar-refractivity contribution in [2.45, 2.75) is 24.3 Å². The molecule has 0 aromatic rings. The molecule has 0 bridgehead atoms. The fraction of sp³-hybridized carbons (Fsp3) is 0.857. The molecule has 0 amide bonds. The molecule has 70 valence electrons. The maximum absolute atomic E-state index is 6.20. The van der Waals surface area contributed by atoms with Gasteiger partial charge in [0.15, 0.2) is 5.17 Å². The van der Waals surface area contributed by atoms with Gasteiger partial charge in [-0.05, 0) is 13.2 Å². The lowest BCUT2D eigenvalue weighted by atomic mass is 10.0. The van der Waals surface area contributed by atoms with E-state index in [-0.39, 0.29) is 11.4 Å². The van der Waals surface area contributed by atoms with Crippen LogP contribution in [-0.2, 0) is 0 Å². The van der Waals surface area contributed by atoms with E-state index < -0.39 is 5.00 Å². The molecule has 2 unspecified atom stereocenters. The van der Waals surface area contributed by atoms with E-state index in [0.29, 0.717) is 0 Å². The number of aliphatic imine (C=N–C) groups is 1. The molecule has 0 aromatic carbocycles. The van der Waals surface area contributed by atoms with Crippen molar-refractivity contribution in [3.8, 4) is 0 Å². The van der Waals surface area contributed by atoms with Crippen molar-refractivity contribution in [3.05, 3.63) is 0 Å². The predicted octanol–water partition coefficient (Wildman–Crippen LogP) is 2.46. The quantitative estimate of drug-likeness (QED) is 0.507. The topological polar surface area (TPSA) is 24.4 Å². The second-order valence-corrected chi connectivity index (χ2v) is 5.03. The third kappa shape index (κ3) is 2.01. The zero-order chi connectivity index (χ0) is 9.35. The first kappa shape index (κ1) is 10.5. The lowest BCUT2D eigenvalue weighted by Gasteiger charge is -2.36. The van der Waals surface area contributed by atoms with Crippen LogP contribution in [0, 0.1) is 5.92 Å². The summed E-state index contributed by atoms with van der Waals surface area (Å²) in [6, 6.07) is 0. The van der Waals surface area contributed by atoms with Crippen LogP contribution in [0.2, 0.25) is 0 Å². The number of amidine groups is 1. The minimum Gasteiger partial charge on any atom is -0.346 e. The van der Waals surface area contributed by atoms with E-state index in [1.165, 1.54) is 11.8 Å². The highest BCUT2D eigenvalue weighted by Gasteiger charge is 2.37. The fourth-order valence-corrected chi connectivity index (χ4v) is 2.21. The summed E-state index contributed by atoms with van der Waals surface area (Å²) in [7, 11) is 0. The summed E-state index contributed by atoms with van der Waals surface area (Å²) in [4.78, 5) is 3.75. The van der Waals surface area contributed by atoms with Crippen molar-refractivity contribution >= 4 is 40.1 Å². The van der Waals surface area contributed by atoms with Crippen LogP contribution in [0.5, 0.6) is 0 Å². The van der Waals surface area contributed by atoms with Gasteiger partial charge in [0.25, 0.3) is 0 Å². The van der Waals surface area contributed by atoms with E-state index in [2.05, 4.69) is 10.3 Å². The van der Waals surface area contributed by atoms with E-state index in [4.69, 9.17) is 23.2 Å². The Labute approximate surface area is 87.1 Å². The van der Waals surface area contributed by atoms with Crippen molar-refractivity contribution in [1.29, 1.82) is 0 Å². The molecule has 0 fully saturated rings. The van der Waals surface area contributed by atoms with Gasteiger partial charge in [0.1, 0.15) is 10.5 Å². The van der Waals surface area contributed by atoms with Gasteiger partial charge in [-0.1, -0.05) is 41.9 Å². The molecule has 5 heteroatoms. The zero-order valence-corrected chi connectivity index (χ0v) is 9.59. The fourth-order valence-electron chi connectivity index (χ4n) is 0.941. The third-order valence-corrected chi connectivity index (χ3v) is 3.56. The number of alkyl halides is 2. The summed E-state index contributed by atoms with van der Waals surface area (Å²) >= 11 is 13.7. The highest BCUT2D eigenvalue weighted by molar-refractivity contribution is 8.13. The van der Waals surface area contributed by atoms with Crippen molar-refractivity contribution < 1.29 is 0 Å². The van der Waals surface area contributed by atoms with Crippen LogP contribution in [0.1, 0.15) is 13.8 Å². The molecule has 0 spiro atoms. The largest absolute Gasteiger partial charge is 0.346 e. The van der Waals surface area contributed by atoms with E-state index in [9.17, 15) is 0 Å². The van der Waals surface area contributed by atoms with Crippen LogP contribution in [0.15, 0.2) is 4.99 Å². The van der Waals surface area contributed by atoms with Gasteiger partial charge >= 0.3 is 0 Å². The van der Waals surface area contributed by atoms with Crippen molar-refractivity contribution in [3.63, 3.8) is 0 Å². The first-order valence-corrected chi connectivity index (χ1v) is 5.74. The molecule has 1 aliphatic rings. The first-order chi connectivity index (χ1) is 5.47. The molecular weight excluding hydrogens is 215 g/mol. The number of nitrogens with zero attached hydrogens (tertiary/aromatic N) is 1. The number of thioether (sulfide) groups is 1. The van der Waals surface area contributed by atoms with Crippen LogP contribution in [0.3, 0.4) is 0 Å². The number of rotatable bonds is 0. The molecule has 1 aliphatic heterocycles. The number of halogens is 2. The minimum atomic E-state index is -0.480. The number of nitrogens with one attached hydrogen (secondary N) is 1. The Bertz CT molecular complexity index is 206. The van der Waals surface area contributed by atoms with Gasteiger partial charge in [-0.25, -0.2) is 4.99 Å². The highest BCUT2D eigenvalue weighted by atomic mass is 35.5. The Kier molecular flexibility index (Phi) is 3.18. The van der Waals surface area contributed by atoms with Gasteiger partial charge in [-0.15, -0.1) is 0 Å². The number of hydrogen-bond acceptors (Lipinski definition) is 3. The molecule has 0 saturated heterocycles. The molecule has 2 nitrogen and oxygen atoms in total. The molecule has 1 rings (SSSR count). The molecule has 0 saturated carbocycles. The highest BCUT2D eigenvalue weighted by Crippen LogP contribution is 2.32. The van der Waals surface area contributed by atoms with Crippen molar-refractivity contribution in [2.75, 3.05) is 6.26 Å². The summed E-state index contributed by atoms with van der Waals surface area (Å²) in [5, 5.41) is 3.93. The predicted molar refractivity (Wildman–Crippen MR) is 57.1 cm³/mol. The molecule has 3 atom stereocenters. The SMILES string of the molecule is CSC1=N[C@@H](Cl)C(C)C(C)(Cl)N1. The Morgan fingerprint density at radius 1 is 1.67 bits per heavy atom. The van der Waals surface area contributed by atoms with Gasteiger partial charge in [0, 0.05) is 5.92 Å². The van der Waals surface area contributed by atoms with E-state index in [0.717, 1.165) is 5.17 Å². The van der Waals surface area contributed by atoms with Crippen molar-refractivity contribution in [1.82, 2.24) is 5.32 Å². The van der Waals surface area contributed by atoms with E-state index in [1.54, 1.807) is 0 Å². The van der Waals surface area contributed by atoms with Crippen LogP contribution >= 0.6 is 35.0 Å². The average Bonchev–Trinajstić information content (AvgIpc) is 1.99. The van der Waals surface area contributed by atoms with Crippen LogP contribution in [-0.4, -0.2) is 21.9 Å². The Morgan fingerprint density at radius 2 is 2.25 bits per heavy atom. The van der Waals surface area contributed by atoms with Gasteiger partial charge in [0.2, 0.25) is 0 Å². The van der Waals surface area contributed by atoms with Crippen LogP contribution < -0.4 is 5.32 Å². The van der Waals surface area contributed by atoms with Gasteiger partial charge in [0.05, 0.1) is 0 Å². The third-order valence-electron chi connectivity index (χ3n) is 2.05. The smallest absolute Gasteiger partial charge is 0.159 e. The van der Waals surface area contributed by atoms with Crippen LogP contribution in [0.4, 0.5) is 0 Å². The van der Waals surface area contributed by atoms with E-state index >= 15 is 0 Å². The summed E-state index contributed by atoms with van der Waals surface area (Å²) in [6.07, 6.45) is 1.94. The standard InChI is InChI=1S/C7H12Cl2N2S/c1-4-5(8)10-6(12-3)11-7(4,2)9/h4-5H,1-3H3,(H,10,11)/t4?,5-,7?/m1/s1. The maximum Gasteiger partial charge on any atom is 0.159 e. The average molecular weight is 227 g/mol. The summed E-state index contributed by atoms with van der Waals surface area (Å²) in [5.41, 5.74) is -0.226. The van der Waals surface area contributed by atoms with Gasteiger partial charge < -0.3 is 5.32 Å². The Morgan fingerprint density at radius 3 is 2.67 bits per heavy atom. The minimum absolute atomic E-state index is 0.122. The molecule has 0 aromatic heterocycles. The molecule has 0 aliphatic carbocycles. The normalized spacial score (nSPS) is 41.9. The lowest BCUT2D eigenvalue weighted by Crippen LogP contribution is -2.51. The van der Waals surface area contributed by atoms with Crippen LogP contribution in [0.25, 0.3) is 0 Å². The molecule has 1 N–H and O–H groups in total. The molecule has 1 heterocycles. The van der Waals surface area contributed by atoms with Crippen molar-refractivity contribution in [2.24, 2.45) is 10.9 Å². The summed E-state index contributed by atoms with van der Waals surface area (Å²) < 4.78 is 0. The first-order valence-electron chi connectivity index (χ1n) is 3.70. The second kappa shape index (κ2) is 3.64. The zero-order valence-electron chi connectivity index (χ0n) is 7.27. The number of hydrogen-bond donors (Lipinski definition) is 1. The second-order valence-electron chi connectivity index (χ2n) is 3.00. The molecular formula is C7H12Cl2N2S. The molecule has 0 radical (unpaired) electrons. The Balaban J connectivity index is 2.84. The summed E-state index contributed by atoms with van der Waals surface area (Å²) in [5.74, 6) is 0.122. The Hall–Kier alpha value is 0.400. The van der Waals surface area contributed by atoms with Gasteiger partial charge in [-0.3, -0.25) is 0 Å². The lowest BCUT2D eigenvalue weighted by molar-refractivity contribution is 0.371. The maximum atomic E-state index is 6.20. The monoisotopic (exact) mass is 226 g/mol. The van der Waals surface area contributed by atoms with Gasteiger partial charge in [-0.2, -0.15) is 0 Å². The van der Waals surface area contributed by atoms with E-state index in [1.807, 2.05) is 20.1 Å². The molecule has 12 heavy (non-hydrogen) atoms. The summed E-state index contributed by atoms with van der Waals surface area (Å²) in [6.45, 7) is 3.90.